The van der Waals surface area contributed by atoms with Crippen LogP contribution in [-0.2, 0) is 11.3 Å². The van der Waals surface area contributed by atoms with Crippen molar-refractivity contribution < 1.29 is 19.2 Å². The van der Waals surface area contributed by atoms with Crippen molar-refractivity contribution in [2.45, 2.75) is 38.3 Å². The van der Waals surface area contributed by atoms with Crippen molar-refractivity contribution in [3.05, 3.63) is 57.0 Å². The molecule has 1 N–H and O–H groups in total. The first-order valence-electron chi connectivity index (χ1n) is 8.95. The minimum Gasteiger partial charge on any atom is -0.493 e. The number of nitrogens with zero attached hydrogens (tertiary/aromatic N) is 2. The molecule has 9 heteroatoms. The van der Waals surface area contributed by atoms with E-state index in [1.807, 2.05) is 0 Å². The van der Waals surface area contributed by atoms with Crippen molar-refractivity contribution in [1.29, 1.82) is 0 Å². The summed E-state index contributed by atoms with van der Waals surface area (Å²) in [4.78, 5) is 34.4. The molecule has 1 amide bonds. The Morgan fingerprint density at radius 2 is 2.00 bits per heavy atom. The van der Waals surface area contributed by atoms with Gasteiger partial charge in [-0.1, -0.05) is 0 Å². The molecule has 2 aromatic rings. The Balaban J connectivity index is 1.72. The molecule has 0 bridgehead atoms. The number of anilines is 1. The lowest BCUT2D eigenvalue weighted by Gasteiger charge is -2.17. The molecule has 1 fully saturated rings. The second-order valence-electron chi connectivity index (χ2n) is 6.55. The Hall–Kier alpha value is -3.36. The number of nitro groups is 1. The monoisotopic (exact) mass is 387 g/mol. The lowest BCUT2D eigenvalue weighted by Crippen LogP contribution is -2.27. The van der Waals surface area contributed by atoms with Gasteiger partial charge in [0.15, 0.2) is 11.5 Å². The molecule has 3 rings (SSSR count). The Bertz CT molecular complexity index is 934. The fourth-order valence-electron chi connectivity index (χ4n) is 3.14. The van der Waals surface area contributed by atoms with E-state index >= 15 is 0 Å². The predicted octanol–water partition coefficient (Wildman–Crippen LogP) is 2.73. The smallest absolute Gasteiger partial charge is 0.285 e. The highest BCUT2D eigenvalue weighted by Gasteiger charge is 2.19. The average molecular weight is 387 g/mol. The number of rotatable bonds is 7. The summed E-state index contributed by atoms with van der Waals surface area (Å²) in [5.41, 5.74) is -0.276. The number of pyridine rings is 1. The maximum Gasteiger partial charge on any atom is 0.285 e. The highest BCUT2D eigenvalue weighted by atomic mass is 16.6. The third-order valence-corrected chi connectivity index (χ3v) is 4.54. The molecule has 1 aromatic carbocycles. The molecule has 1 aliphatic rings. The van der Waals surface area contributed by atoms with Crippen molar-refractivity contribution in [1.82, 2.24) is 4.57 Å². The molecule has 148 valence electrons. The van der Waals surface area contributed by atoms with Crippen LogP contribution in [0.15, 0.2) is 41.3 Å². The fourth-order valence-corrected chi connectivity index (χ4v) is 3.14. The van der Waals surface area contributed by atoms with Gasteiger partial charge < -0.3 is 14.8 Å². The quantitative estimate of drug-likeness (QED) is 0.577. The van der Waals surface area contributed by atoms with E-state index < -0.39 is 16.4 Å². The van der Waals surface area contributed by atoms with Crippen molar-refractivity contribution in [2.75, 3.05) is 12.4 Å². The van der Waals surface area contributed by atoms with Gasteiger partial charge in [-0.05, 0) is 37.8 Å². The summed E-state index contributed by atoms with van der Waals surface area (Å²) < 4.78 is 12.3. The molecule has 0 aliphatic heterocycles. The first-order chi connectivity index (χ1) is 13.5. The zero-order chi connectivity index (χ0) is 20.1. The highest BCUT2D eigenvalue weighted by molar-refractivity contribution is 5.91. The van der Waals surface area contributed by atoms with E-state index in [2.05, 4.69) is 5.32 Å². The first-order valence-corrected chi connectivity index (χ1v) is 8.95. The lowest BCUT2D eigenvalue weighted by molar-refractivity contribution is -0.385. The van der Waals surface area contributed by atoms with Gasteiger partial charge in [0.05, 0.1) is 24.3 Å². The summed E-state index contributed by atoms with van der Waals surface area (Å²) in [5.74, 6) is 0.624. The maximum atomic E-state index is 12.3. The number of carbonyl (C=O) groups is 1. The van der Waals surface area contributed by atoms with Gasteiger partial charge in [0.1, 0.15) is 6.54 Å². The Morgan fingerprint density at radius 3 is 2.68 bits per heavy atom. The van der Waals surface area contributed by atoms with Crippen molar-refractivity contribution in [3.63, 3.8) is 0 Å². The maximum absolute atomic E-state index is 12.3. The van der Waals surface area contributed by atoms with E-state index in [0.717, 1.165) is 48.6 Å². The number of ether oxygens (including phenoxy) is 2. The van der Waals surface area contributed by atoms with Crippen LogP contribution in [0.2, 0.25) is 0 Å². The van der Waals surface area contributed by atoms with Gasteiger partial charge in [0.2, 0.25) is 5.91 Å². The third-order valence-electron chi connectivity index (χ3n) is 4.54. The Morgan fingerprint density at radius 1 is 1.25 bits per heavy atom. The van der Waals surface area contributed by atoms with Crippen molar-refractivity contribution >= 4 is 17.3 Å². The van der Waals surface area contributed by atoms with Gasteiger partial charge in [-0.15, -0.1) is 0 Å². The summed E-state index contributed by atoms with van der Waals surface area (Å²) in [6.45, 7) is -0.342. The molecule has 0 unspecified atom stereocenters. The van der Waals surface area contributed by atoms with E-state index in [1.54, 1.807) is 25.3 Å². The zero-order valence-electron chi connectivity index (χ0n) is 15.4. The van der Waals surface area contributed by atoms with Gasteiger partial charge in [0, 0.05) is 23.9 Å². The Labute approximate surface area is 161 Å². The van der Waals surface area contributed by atoms with Gasteiger partial charge in [-0.2, -0.15) is 0 Å². The normalized spacial score (nSPS) is 13.9. The largest absolute Gasteiger partial charge is 0.493 e. The molecule has 0 spiro atoms. The summed E-state index contributed by atoms with van der Waals surface area (Å²) in [6, 6.07) is 7.19. The molecule has 1 aromatic heterocycles. The molecular weight excluding hydrogens is 366 g/mol. The predicted molar refractivity (Wildman–Crippen MR) is 102 cm³/mol. The minimum atomic E-state index is -0.621. The number of hydrogen-bond donors (Lipinski definition) is 1. The molecule has 0 atom stereocenters. The summed E-state index contributed by atoms with van der Waals surface area (Å²) in [6.07, 6.45) is 5.39. The molecule has 0 saturated heterocycles. The lowest BCUT2D eigenvalue weighted by atomic mass is 10.2. The van der Waals surface area contributed by atoms with Crippen LogP contribution in [0.1, 0.15) is 25.7 Å². The fraction of sp³-hybridized carbons (Fsp3) is 0.368. The second-order valence-corrected chi connectivity index (χ2v) is 6.55. The van der Waals surface area contributed by atoms with Crippen molar-refractivity contribution in [3.8, 4) is 11.5 Å². The van der Waals surface area contributed by atoms with E-state index in [0.29, 0.717) is 17.2 Å². The molecule has 1 saturated carbocycles. The first kappa shape index (κ1) is 19.4. The molecule has 28 heavy (non-hydrogen) atoms. The summed E-state index contributed by atoms with van der Waals surface area (Å²) in [7, 11) is 1.55. The molecule has 0 radical (unpaired) electrons. The standard InChI is InChI=1S/C19H21N3O6/c1-27-16-8-6-13(10-17(16)28-15-4-2-3-5-15)20-18(23)12-21-11-14(22(25)26)7-9-19(21)24/h6-11,15H,2-5,12H2,1H3,(H,20,23). The molecule has 1 heterocycles. The van der Waals surface area contributed by atoms with E-state index in [-0.39, 0.29) is 18.3 Å². The van der Waals surface area contributed by atoms with Gasteiger partial charge in [-0.25, -0.2) is 0 Å². The van der Waals surface area contributed by atoms with Crippen LogP contribution in [0, 0.1) is 10.1 Å². The van der Waals surface area contributed by atoms with Gasteiger partial charge in [-0.3, -0.25) is 24.3 Å². The topological polar surface area (TPSA) is 113 Å². The zero-order valence-corrected chi connectivity index (χ0v) is 15.4. The molecular formula is C19H21N3O6. The number of benzene rings is 1. The van der Waals surface area contributed by atoms with Crippen molar-refractivity contribution in [2.24, 2.45) is 0 Å². The van der Waals surface area contributed by atoms with Gasteiger partial charge in [0.25, 0.3) is 11.2 Å². The van der Waals surface area contributed by atoms with Crippen LogP contribution >= 0.6 is 0 Å². The van der Waals surface area contributed by atoms with Crippen LogP contribution in [0.5, 0.6) is 11.5 Å². The van der Waals surface area contributed by atoms with E-state index in [9.17, 15) is 19.7 Å². The second kappa shape index (κ2) is 8.55. The minimum absolute atomic E-state index is 0.128. The number of carbonyl (C=O) groups excluding carboxylic acids is 1. The molecule has 9 nitrogen and oxygen atoms in total. The molecule has 1 aliphatic carbocycles. The number of hydrogen-bond acceptors (Lipinski definition) is 6. The van der Waals surface area contributed by atoms with Crippen LogP contribution in [0.3, 0.4) is 0 Å². The summed E-state index contributed by atoms with van der Waals surface area (Å²) in [5, 5.41) is 13.5. The van der Waals surface area contributed by atoms with Crippen LogP contribution < -0.4 is 20.3 Å². The Kier molecular flexibility index (Phi) is 5.93. The van der Waals surface area contributed by atoms with E-state index in [4.69, 9.17) is 9.47 Å². The highest BCUT2D eigenvalue weighted by Crippen LogP contribution is 2.33. The number of amides is 1. The van der Waals surface area contributed by atoms with Crippen LogP contribution in [0.25, 0.3) is 0 Å². The SMILES string of the molecule is COc1ccc(NC(=O)Cn2cc([N+](=O)[O-])ccc2=O)cc1OC1CCCC1. The average Bonchev–Trinajstić information content (AvgIpc) is 3.16. The van der Waals surface area contributed by atoms with Crippen LogP contribution in [0.4, 0.5) is 11.4 Å². The summed E-state index contributed by atoms with van der Waals surface area (Å²) >= 11 is 0. The number of aromatic nitrogens is 1. The van der Waals surface area contributed by atoms with Gasteiger partial charge >= 0.3 is 0 Å². The number of methoxy groups -OCH3 is 1. The van der Waals surface area contributed by atoms with E-state index in [1.165, 1.54) is 0 Å². The number of nitrogens with one attached hydrogen (secondary N) is 1. The third kappa shape index (κ3) is 4.67. The van der Waals surface area contributed by atoms with Crippen LogP contribution in [-0.4, -0.2) is 28.6 Å².